The summed E-state index contributed by atoms with van der Waals surface area (Å²) in [5, 5.41) is 2.96. The molecule has 0 spiro atoms. The molecule has 1 amide bonds. The molecule has 1 rings (SSSR count). The minimum Gasteiger partial charge on any atom is -0.354 e. The smallest absolute Gasteiger partial charge is 0.237 e. The van der Waals surface area contributed by atoms with E-state index in [9.17, 15) is 4.79 Å². The monoisotopic (exact) mass is 299 g/mol. The maximum Gasteiger partial charge on any atom is 0.237 e. The molecule has 1 saturated heterocycles. The van der Waals surface area contributed by atoms with E-state index in [1.807, 2.05) is 13.8 Å². The summed E-state index contributed by atoms with van der Waals surface area (Å²) in [5.41, 5.74) is 5.78. The van der Waals surface area contributed by atoms with Gasteiger partial charge in [-0.3, -0.25) is 4.79 Å². The van der Waals surface area contributed by atoms with Crippen LogP contribution in [-0.2, 0) is 4.79 Å². The third kappa shape index (κ3) is 6.23. The van der Waals surface area contributed by atoms with Gasteiger partial charge in [0.1, 0.15) is 0 Å². The summed E-state index contributed by atoms with van der Waals surface area (Å²) in [6.45, 7) is 10.3. The summed E-state index contributed by atoms with van der Waals surface area (Å²) in [6.07, 6.45) is 1.19. The van der Waals surface area contributed by atoms with Gasteiger partial charge >= 0.3 is 0 Å². The van der Waals surface area contributed by atoms with Crippen LogP contribution in [-0.4, -0.2) is 43.0 Å². The number of nitrogens with one attached hydrogen (secondary N) is 1. The fourth-order valence-electron chi connectivity index (χ4n) is 2.03. The Kier molecular flexibility index (Phi) is 11.1. The molecule has 0 aromatic carbocycles. The molecule has 1 heterocycles. The van der Waals surface area contributed by atoms with Crippen LogP contribution in [0.3, 0.4) is 0 Å². The lowest BCUT2D eigenvalue weighted by molar-refractivity contribution is -0.123. The number of nitrogens with two attached hydrogens (primary N) is 1. The second-order valence-electron chi connectivity index (χ2n) is 5.06. The Morgan fingerprint density at radius 3 is 2.50 bits per heavy atom. The standard InChI is InChI=1S/C12H25N3O.2ClH/c1-4-15-6-5-10(8-15)7-14-12(16)11(13)9(2)3;;/h9-11H,4-8,13H2,1-3H3,(H,14,16);2*1H/t10?,11-;;/m1../s1. The Morgan fingerprint density at radius 1 is 1.44 bits per heavy atom. The maximum absolute atomic E-state index is 11.6. The zero-order chi connectivity index (χ0) is 12.1. The normalized spacial score (nSPS) is 21.1. The largest absolute Gasteiger partial charge is 0.354 e. The van der Waals surface area contributed by atoms with Crippen LogP contribution in [0.4, 0.5) is 0 Å². The van der Waals surface area contributed by atoms with E-state index in [1.54, 1.807) is 0 Å². The minimum absolute atomic E-state index is 0. The number of likely N-dealkylation sites (tertiary alicyclic amines) is 1. The van der Waals surface area contributed by atoms with Gasteiger partial charge in [0.2, 0.25) is 5.91 Å². The van der Waals surface area contributed by atoms with Crippen LogP contribution in [0.5, 0.6) is 0 Å². The molecular weight excluding hydrogens is 273 g/mol. The van der Waals surface area contributed by atoms with E-state index in [0.717, 1.165) is 26.2 Å². The van der Waals surface area contributed by atoms with Crippen molar-refractivity contribution in [3.63, 3.8) is 0 Å². The first-order chi connectivity index (χ1) is 7.54. The molecule has 0 bridgehead atoms. The zero-order valence-electron chi connectivity index (χ0n) is 11.5. The van der Waals surface area contributed by atoms with Gasteiger partial charge in [-0.05, 0) is 31.3 Å². The molecule has 18 heavy (non-hydrogen) atoms. The van der Waals surface area contributed by atoms with Gasteiger partial charge in [0.15, 0.2) is 0 Å². The fourth-order valence-corrected chi connectivity index (χ4v) is 2.03. The lowest BCUT2D eigenvalue weighted by Gasteiger charge is -2.18. The predicted molar refractivity (Wildman–Crippen MR) is 80.5 cm³/mol. The fraction of sp³-hybridized carbons (Fsp3) is 0.917. The first-order valence-electron chi connectivity index (χ1n) is 6.30. The first kappa shape index (κ1) is 20.3. The van der Waals surface area contributed by atoms with Crippen LogP contribution in [0.1, 0.15) is 27.2 Å². The van der Waals surface area contributed by atoms with Gasteiger partial charge < -0.3 is 16.0 Å². The van der Waals surface area contributed by atoms with Gasteiger partial charge in [0.05, 0.1) is 6.04 Å². The number of amides is 1. The topological polar surface area (TPSA) is 58.4 Å². The lowest BCUT2D eigenvalue weighted by Crippen LogP contribution is -2.45. The van der Waals surface area contributed by atoms with E-state index in [4.69, 9.17) is 5.73 Å². The average molecular weight is 300 g/mol. The van der Waals surface area contributed by atoms with Crippen molar-refractivity contribution in [3.05, 3.63) is 0 Å². The molecule has 0 aliphatic carbocycles. The molecule has 4 nitrogen and oxygen atoms in total. The van der Waals surface area contributed by atoms with Crippen LogP contribution in [0.25, 0.3) is 0 Å². The number of nitrogens with zero attached hydrogens (tertiary/aromatic N) is 1. The molecular formula is C12H27Cl2N3O. The van der Waals surface area contributed by atoms with Crippen molar-refractivity contribution in [2.45, 2.75) is 33.2 Å². The predicted octanol–water partition coefficient (Wildman–Crippen LogP) is 1.27. The van der Waals surface area contributed by atoms with Crippen molar-refractivity contribution in [2.75, 3.05) is 26.2 Å². The van der Waals surface area contributed by atoms with Crippen molar-refractivity contribution >= 4 is 30.7 Å². The number of carbonyl (C=O) groups excluding carboxylic acids is 1. The van der Waals surface area contributed by atoms with Crippen LogP contribution in [0, 0.1) is 11.8 Å². The molecule has 1 aliphatic heterocycles. The number of halogens is 2. The summed E-state index contributed by atoms with van der Waals surface area (Å²) >= 11 is 0. The number of rotatable bonds is 5. The molecule has 0 radical (unpaired) electrons. The molecule has 1 unspecified atom stereocenters. The summed E-state index contributed by atoms with van der Waals surface area (Å²) in [6, 6.07) is -0.372. The van der Waals surface area contributed by atoms with Gasteiger partial charge in [-0.25, -0.2) is 0 Å². The molecule has 6 heteroatoms. The highest BCUT2D eigenvalue weighted by Crippen LogP contribution is 2.14. The molecule has 110 valence electrons. The van der Waals surface area contributed by atoms with E-state index in [-0.39, 0.29) is 42.7 Å². The highest BCUT2D eigenvalue weighted by atomic mass is 35.5. The Bertz CT molecular complexity index is 239. The van der Waals surface area contributed by atoms with Crippen molar-refractivity contribution in [2.24, 2.45) is 17.6 Å². The second-order valence-corrected chi connectivity index (χ2v) is 5.06. The van der Waals surface area contributed by atoms with Gasteiger partial charge in [-0.1, -0.05) is 20.8 Å². The SMILES string of the molecule is CCN1CCC(CNC(=O)[C@H](N)C(C)C)C1.Cl.Cl. The van der Waals surface area contributed by atoms with Crippen molar-refractivity contribution in [1.29, 1.82) is 0 Å². The van der Waals surface area contributed by atoms with Crippen LogP contribution < -0.4 is 11.1 Å². The van der Waals surface area contributed by atoms with Crippen molar-refractivity contribution in [3.8, 4) is 0 Å². The van der Waals surface area contributed by atoms with Crippen molar-refractivity contribution in [1.82, 2.24) is 10.2 Å². The van der Waals surface area contributed by atoms with E-state index in [0.29, 0.717) is 5.92 Å². The van der Waals surface area contributed by atoms with Gasteiger partial charge in [-0.15, -0.1) is 24.8 Å². The first-order valence-corrected chi connectivity index (χ1v) is 6.30. The van der Waals surface area contributed by atoms with Gasteiger partial charge in [0.25, 0.3) is 0 Å². The summed E-state index contributed by atoms with van der Waals surface area (Å²) in [5.74, 6) is 0.795. The molecule has 0 aromatic heterocycles. The summed E-state index contributed by atoms with van der Waals surface area (Å²) in [7, 11) is 0. The lowest BCUT2D eigenvalue weighted by atomic mass is 10.0. The highest BCUT2D eigenvalue weighted by molar-refractivity contribution is 5.85. The third-order valence-corrected chi connectivity index (χ3v) is 3.40. The number of carbonyl (C=O) groups is 1. The minimum atomic E-state index is -0.372. The Morgan fingerprint density at radius 2 is 2.06 bits per heavy atom. The third-order valence-electron chi connectivity index (χ3n) is 3.40. The Balaban J connectivity index is 0. The molecule has 1 aliphatic rings. The summed E-state index contributed by atoms with van der Waals surface area (Å²) in [4.78, 5) is 14.1. The number of hydrogen-bond acceptors (Lipinski definition) is 3. The molecule has 1 fully saturated rings. The summed E-state index contributed by atoms with van der Waals surface area (Å²) < 4.78 is 0. The van der Waals surface area contributed by atoms with Gasteiger partial charge in [-0.2, -0.15) is 0 Å². The van der Waals surface area contributed by atoms with Crippen molar-refractivity contribution < 1.29 is 4.79 Å². The number of hydrogen-bond donors (Lipinski definition) is 2. The molecule has 3 N–H and O–H groups in total. The average Bonchev–Trinajstić information content (AvgIpc) is 2.72. The molecule has 0 aromatic rings. The quantitative estimate of drug-likeness (QED) is 0.804. The van der Waals surface area contributed by atoms with E-state index < -0.39 is 0 Å². The van der Waals surface area contributed by atoms with Crippen LogP contribution in [0.2, 0.25) is 0 Å². The second kappa shape index (κ2) is 9.84. The molecule has 0 saturated carbocycles. The van der Waals surface area contributed by atoms with Gasteiger partial charge in [0, 0.05) is 13.1 Å². The maximum atomic E-state index is 11.6. The van der Waals surface area contributed by atoms with E-state index >= 15 is 0 Å². The van der Waals surface area contributed by atoms with E-state index in [2.05, 4.69) is 17.1 Å². The van der Waals surface area contributed by atoms with Crippen LogP contribution in [0.15, 0.2) is 0 Å². The molecule has 2 atom stereocenters. The Labute approximate surface area is 123 Å². The Hall–Kier alpha value is -0.0300. The van der Waals surface area contributed by atoms with E-state index in [1.165, 1.54) is 6.42 Å². The highest BCUT2D eigenvalue weighted by Gasteiger charge is 2.23. The zero-order valence-corrected chi connectivity index (χ0v) is 13.1. The van der Waals surface area contributed by atoms with Crippen LogP contribution >= 0.6 is 24.8 Å².